The molecule has 0 radical (unpaired) electrons. The monoisotopic (exact) mass is 282 g/mol. The lowest BCUT2D eigenvalue weighted by Crippen LogP contribution is -2.36. The maximum atomic E-state index is 13.5. The van der Waals surface area contributed by atoms with Gasteiger partial charge in [0.25, 0.3) is 0 Å². The topological polar surface area (TPSA) is 49.5 Å². The van der Waals surface area contributed by atoms with E-state index in [4.69, 9.17) is 18.0 Å². The van der Waals surface area contributed by atoms with Gasteiger partial charge < -0.3 is 15.7 Å². The van der Waals surface area contributed by atoms with E-state index in [2.05, 4.69) is 4.90 Å². The summed E-state index contributed by atoms with van der Waals surface area (Å²) in [6.45, 7) is 1.67. The highest BCUT2D eigenvalue weighted by molar-refractivity contribution is 7.80. The van der Waals surface area contributed by atoms with Crippen molar-refractivity contribution in [1.82, 2.24) is 4.90 Å². The van der Waals surface area contributed by atoms with Crippen molar-refractivity contribution in [3.05, 3.63) is 35.1 Å². The maximum absolute atomic E-state index is 13.5. The summed E-state index contributed by atoms with van der Waals surface area (Å²) in [4.78, 5) is 2.26. The standard InChI is InChI=1S/C14H19FN2OS/c1-17(8-10-4-11(18)5-10)7-9-2-3-13(15)12(6-9)14(16)19/h2-3,6,10-11,18H,4-5,7-8H2,1H3,(H2,16,19). The SMILES string of the molecule is CN(Cc1ccc(F)c(C(N)=S)c1)CC1CC(O)C1. The molecule has 0 amide bonds. The summed E-state index contributed by atoms with van der Waals surface area (Å²) >= 11 is 4.83. The molecule has 1 fully saturated rings. The molecule has 0 heterocycles. The van der Waals surface area contributed by atoms with Crippen LogP contribution in [-0.2, 0) is 6.54 Å². The number of benzene rings is 1. The molecule has 1 aromatic carbocycles. The van der Waals surface area contributed by atoms with Gasteiger partial charge in [0, 0.05) is 18.7 Å². The van der Waals surface area contributed by atoms with E-state index in [1.165, 1.54) is 6.07 Å². The second kappa shape index (κ2) is 5.94. The summed E-state index contributed by atoms with van der Waals surface area (Å²) in [5.41, 5.74) is 6.79. The fourth-order valence-corrected chi connectivity index (χ4v) is 2.68. The van der Waals surface area contributed by atoms with Gasteiger partial charge in [0.15, 0.2) is 0 Å². The van der Waals surface area contributed by atoms with E-state index in [-0.39, 0.29) is 16.9 Å². The van der Waals surface area contributed by atoms with Crippen LogP contribution in [0.2, 0.25) is 0 Å². The van der Waals surface area contributed by atoms with Crippen molar-refractivity contribution in [3.8, 4) is 0 Å². The van der Waals surface area contributed by atoms with Crippen LogP contribution >= 0.6 is 12.2 Å². The zero-order valence-corrected chi connectivity index (χ0v) is 11.8. The van der Waals surface area contributed by atoms with Crippen LogP contribution in [0.1, 0.15) is 24.0 Å². The van der Waals surface area contributed by atoms with Gasteiger partial charge in [-0.25, -0.2) is 4.39 Å². The maximum Gasteiger partial charge on any atom is 0.133 e. The quantitative estimate of drug-likeness (QED) is 0.807. The summed E-state index contributed by atoms with van der Waals surface area (Å²) in [7, 11) is 2.02. The van der Waals surface area contributed by atoms with Crippen LogP contribution in [-0.4, -0.2) is 34.7 Å². The smallest absolute Gasteiger partial charge is 0.133 e. The lowest BCUT2D eigenvalue weighted by Gasteiger charge is -2.34. The van der Waals surface area contributed by atoms with E-state index >= 15 is 0 Å². The Balaban J connectivity index is 1.95. The van der Waals surface area contributed by atoms with E-state index in [0.29, 0.717) is 11.5 Å². The van der Waals surface area contributed by atoms with Crippen LogP contribution in [0.4, 0.5) is 4.39 Å². The van der Waals surface area contributed by atoms with Crippen LogP contribution in [0.15, 0.2) is 18.2 Å². The Hall–Kier alpha value is -1.04. The first kappa shape index (κ1) is 14.4. The van der Waals surface area contributed by atoms with Crippen LogP contribution in [0.3, 0.4) is 0 Å². The molecule has 3 nitrogen and oxygen atoms in total. The summed E-state index contributed by atoms with van der Waals surface area (Å²) in [6.07, 6.45) is 1.64. The Labute approximate surface area is 118 Å². The molecule has 1 saturated carbocycles. The Bertz CT molecular complexity index is 475. The predicted molar refractivity (Wildman–Crippen MR) is 77.4 cm³/mol. The number of hydrogen-bond donors (Lipinski definition) is 2. The summed E-state index contributed by atoms with van der Waals surface area (Å²) in [5.74, 6) is 0.191. The Kier molecular flexibility index (Phi) is 4.50. The van der Waals surface area contributed by atoms with Gasteiger partial charge in [-0.05, 0) is 43.5 Å². The fraction of sp³-hybridized carbons (Fsp3) is 0.500. The van der Waals surface area contributed by atoms with Crippen molar-refractivity contribution in [2.45, 2.75) is 25.5 Å². The molecule has 104 valence electrons. The van der Waals surface area contributed by atoms with Gasteiger partial charge in [-0.15, -0.1) is 0 Å². The van der Waals surface area contributed by atoms with Crippen molar-refractivity contribution < 1.29 is 9.50 Å². The molecule has 0 spiro atoms. The van der Waals surface area contributed by atoms with Crippen LogP contribution in [0, 0.1) is 11.7 Å². The van der Waals surface area contributed by atoms with Crippen molar-refractivity contribution in [2.75, 3.05) is 13.6 Å². The molecule has 0 atom stereocenters. The minimum absolute atomic E-state index is 0.0871. The molecule has 1 aliphatic rings. The van der Waals surface area contributed by atoms with Gasteiger partial charge in [-0.3, -0.25) is 0 Å². The van der Waals surface area contributed by atoms with Gasteiger partial charge in [0.1, 0.15) is 10.8 Å². The number of thiocarbonyl (C=S) groups is 1. The second-order valence-corrected chi connectivity index (χ2v) is 5.81. The third kappa shape index (κ3) is 3.72. The molecule has 0 unspecified atom stereocenters. The highest BCUT2D eigenvalue weighted by Gasteiger charge is 2.27. The highest BCUT2D eigenvalue weighted by Crippen LogP contribution is 2.28. The lowest BCUT2D eigenvalue weighted by molar-refractivity contribution is 0.0274. The normalized spacial score (nSPS) is 22.3. The zero-order valence-electron chi connectivity index (χ0n) is 11.0. The van der Waals surface area contributed by atoms with Gasteiger partial charge in [0.05, 0.1) is 6.10 Å². The summed E-state index contributed by atoms with van der Waals surface area (Å²) < 4.78 is 13.5. The number of hydrogen-bond acceptors (Lipinski definition) is 3. The average molecular weight is 282 g/mol. The molecule has 0 saturated heterocycles. The van der Waals surface area contributed by atoms with E-state index < -0.39 is 0 Å². The first-order chi connectivity index (χ1) is 8.95. The Morgan fingerprint density at radius 1 is 1.53 bits per heavy atom. The number of aliphatic hydroxyl groups is 1. The summed E-state index contributed by atoms with van der Waals surface area (Å²) in [6, 6.07) is 4.87. The number of nitrogens with two attached hydrogens (primary N) is 1. The van der Waals surface area contributed by atoms with E-state index in [1.54, 1.807) is 12.1 Å². The largest absolute Gasteiger partial charge is 0.393 e. The second-order valence-electron chi connectivity index (χ2n) is 5.37. The Morgan fingerprint density at radius 3 is 2.79 bits per heavy atom. The van der Waals surface area contributed by atoms with E-state index in [1.807, 2.05) is 7.05 Å². The number of aliphatic hydroxyl groups excluding tert-OH is 1. The van der Waals surface area contributed by atoms with E-state index in [9.17, 15) is 9.50 Å². The van der Waals surface area contributed by atoms with Crippen LogP contribution in [0.5, 0.6) is 0 Å². The van der Waals surface area contributed by atoms with Gasteiger partial charge >= 0.3 is 0 Å². The van der Waals surface area contributed by atoms with Crippen molar-refractivity contribution >= 4 is 17.2 Å². The Morgan fingerprint density at radius 2 is 2.21 bits per heavy atom. The van der Waals surface area contributed by atoms with Crippen molar-refractivity contribution in [3.63, 3.8) is 0 Å². The van der Waals surface area contributed by atoms with E-state index in [0.717, 1.165) is 31.5 Å². The number of nitrogens with zero attached hydrogens (tertiary/aromatic N) is 1. The predicted octanol–water partition coefficient (Wildman–Crippen LogP) is 1.66. The molecular weight excluding hydrogens is 263 g/mol. The minimum atomic E-state index is -0.374. The fourth-order valence-electron chi connectivity index (χ4n) is 2.53. The molecular formula is C14H19FN2OS. The first-order valence-corrected chi connectivity index (χ1v) is 6.81. The third-order valence-corrected chi connectivity index (χ3v) is 3.75. The molecule has 0 aromatic heterocycles. The van der Waals surface area contributed by atoms with Crippen LogP contribution in [0.25, 0.3) is 0 Å². The minimum Gasteiger partial charge on any atom is -0.393 e. The van der Waals surface area contributed by atoms with Crippen molar-refractivity contribution in [1.29, 1.82) is 0 Å². The number of halogens is 1. The third-order valence-electron chi connectivity index (χ3n) is 3.53. The average Bonchev–Trinajstić information content (AvgIpc) is 2.29. The van der Waals surface area contributed by atoms with Gasteiger partial charge in [0.2, 0.25) is 0 Å². The first-order valence-electron chi connectivity index (χ1n) is 6.40. The van der Waals surface area contributed by atoms with Crippen LogP contribution < -0.4 is 5.73 Å². The summed E-state index contributed by atoms with van der Waals surface area (Å²) in [5, 5.41) is 9.26. The molecule has 0 aliphatic heterocycles. The zero-order chi connectivity index (χ0) is 14.0. The molecule has 5 heteroatoms. The molecule has 3 N–H and O–H groups in total. The highest BCUT2D eigenvalue weighted by atomic mass is 32.1. The molecule has 19 heavy (non-hydrogen) atoms. The lowest BCUT2D eigenvalue weighted by atomic mass is 9.82. The number of rotatable bonds is 5. The van der Waals surface area contributed by atoms with Gasteiger partial charge in [-0.1, -0.05) is 18.3 Å². The molecule has 1 aliphatic carbocycles. The van der Waals surface area contributed by atoms with Gasteiger partial charge in [-0.2, -0.15) is 0 Å². The molecule has 0 bridgehead atoms. The van der Waals surface area contributed by atoms with Crippen molar-refractivity contribution in [2.24, 2.45) is 11.7 Å². The molecule has 2 rings (SSSR count). The molecule has 1 aromatic rings.